The van der Waals surface area contributed by atoms with Crippen molar-refractivity contribution in [1.82, 2.24) is 24.4 Å². The number of aromatic nitrogens is 5. The number of nitrogens with zero attached hydrogens (tertiary/aromatic N) is 5. The third kappa shape index (κ3) is 2.41. The van der Waals surface area contributed by atoms with Gasteiger partial charge in [-0.15, -0.1) is 0 Å². The first-order valence-corrected chi connectivity index (χ1v) is 7.33. The van der Waals surface area contributed by atoms with Crippen LogP contribution in [0, 0.1) is 11.3 Å². The molecule has 0 aliphatic rings. The molecule has 0 bridgehead atoms. The van der Waals surface area contributed by atoms with Crippen LogP contribution in [0.2, 0.25) is 0 Å². The smallest absolute Gasteiger partial charge is 0.278 e. The summed E-state index contributed by atoms with van der Waals surface area (Å²) in [6.07, 6.45) is 4.91. The molecule has 0 aliphatic heterocycles. The van der Waals surface area contributed by atoms with E-state index in [0.29, 0.717) is 35.6 Å². The van der Waals surface area contributed by atoms with E-state index in [1.807, 2.05) is 26.1 Å². The summed E-state index contributed by atoms with van der Waals surface area (Å²) in [6.45, 7) is 4.96. The van der Waals surface area contributed by atoms with Crippen molar-refractivity contribution >= 4 is 5.65 Å². The van der Waals surface area contributed by atoms with Crippen LogP contribution in [0.4, 0.5) is 0 Å². The van der Waals surface area contributed by atoms with Gasteiger partial charge >= 0.3 is 0 Å². The van der Waals surface area contributed by atoms with E-state index >= 15 is 0 Å². The molecule has 8 nitrogen and oxygen atoms in total. The summed E-state index contributed by atoms with van der Waals surface area (Å²) in [5.74, 6) is -0.00857. The van der Waals surface area contributed by atoms with Gasteiger partial charge in [-0.1, -0.05) is 13.8 Å². The number of H-pyrrole nitrogens is 1. The molecule has 0 fully saturated rings. The molecular weight excluding hydrogens is 294 g/mol. The Morgan fingerprint density at radius 1 is 1.39 bits per heavy atom. The lowest BCUT2D eigenvalue weighted by atomic mass is 10.00. The van der Waals surface area contributed by atoms with Gasteiger partial charge in [-0.3, -0.25) is 9.48 Å². The number of hydrogen-bond donors (Lipinski definition) is 2. The minimum absolute atomic E-state index is 0.00857. The van der Waals surface area contributed by atoms with Crippen molar-refractivity contribution in [3.63, 3.8) is 0 Å². The van der Waals surface area contributed by atoms with Crippen LogP contribution in [0.25, 0.3) is 16.9 Å². The second-order valence-electron chi connectivity index (χ2n) is 5.58. The summed E-state index contributed by atoms with van der Waals surface area (Å²) < 4.78 is 2.96. The molecule has 0 aliphatic carbocycles. The van der Waals surface area contributed by atoms with Crippen molar-refractivity contribution in [2.75, 3.05) is 6.54 Å². The SMILES string of the molecule is CC(C)c1c(-c2cnn(CCN)c2)[nH]c2c(C#N)cnn2c1=O. The zero-order chi connectivity index (χ0) is 16.6. The molecule has 8 heteroatoms. The lowest BCUT2D eigenvalue weighted by Gasteiger charge is -2.11. The van der Waals surface area contributed by atoms with Crippen molar-refractivity contribution in [2.45, 2.75) is 26.3 Å². The van der Waals surface area contributed by atoms with Crippen LogP contribution in [-0.4, -0.2) is 30.9 Å². The molecule has 23 heavy (non-hydrogen) atoms. The number of aromatic amines is 1. The van der Waals surface area contributed by atoms with E-state index in [1.54, 1.807) is 10.9 Å². The van der Waals surface area contributed by atoms with E-state index in [-0.39, 0.29) is 11.5 Å². The number of nitrogens with one attached hydrogen (secondary N) is 1. The average molecular weight is 311 g/mol. The third-order valence-electron chi connectivity index (χ3n) is 3.68. The van der Waals surface area contributed by atoms with Crippen LogP contribution in [0.1, 0.15) is 30.9 Å². The molecule has 0 saturated carbocycles. The van der Waals surface area contributed by atoms with Gasteiger partial charge in [0.05, 0.1) is 24.6 Å². The molecule has 0 spiro atoms. The summed E-state index contributed by atoms with van der Waals surface area (Å²) in [5.41, 5.74) is 8.09. The Balaban J connectivity index is 2.30. The molecule has 0 saturated heterocycles. The fraction of sp³-hybridized carbons (Fsp3) is 0.333. The Morgan fingerprint density at radius 2 is 2.17 bits per heavy atom. The quantitative estimate of drug-likeness (QED) is 0.740. The second kappa shape index (κ2) is 5.70. The minimum Gasteiger partial charge on any atom is -0.338 e. The highest BCUT2D eigenvalue weighted by molar-refractivity contribution is 5.67. The van der Waals surface area contributed by atoms with Gasteiger partial charge in [0, 0.05) is 23.9 Å². The van der Waals surface area contributed by atoms with Crippen molar-refractivity contribution in [2.24, 2.45) is 5.73 Å². The maximum Gasteiger partial charge on any atom is 0.278 e. The zero-order valence-electron chi connectivity index (χ0n) is 12.9. The van der Waals surface area contributed by atoms with Gasteiger partial charge in [-0.2, -0.15) is 20.0 Å². The molecule has 0 radical (unpaired) electrons. The predicted molar refractivity (Wildman–Crippen MR) is 84.9 cm³/mol. The zero-order valence-corrected chi connectivity index (χ0v) is 12.9. The summed E-state index contributed by atoms with van der Waals surface area (Å²) in [7, 11) is 0. The maximum atomic E-state index is 12.7. The highest BCUT2D eigenvalue weighted by Gasteiger charge is 2.19. The van der Waals surface area contributed by atoms with Crippen LogP contribution >= 0.6 is 0 Å². The van der Waals surface area contributed by atoms with Gasteiger partial charge in [-0.05, 0) is 5.92 Å². The van der Waals surface area contributed by atoms with Gasteiger partial charge in [0.1, 0.15) is 11.6 Å². The number of rotatable bonds is 4. The van der Waals surface area contributed by atoms with Crippen LogP contribution in [0.5, 0.6) is 0 Å². The van der Waals surface area contributed by atoms with Crippen molar-refractivity contribution in [3.05, 3.63) is 40.1 Å². The molecule has 3 N–H and O–H groups in total. The fourth-order valence-corrected chi connectivity index (χ4v) is 2.62. The van der Waals surface area contributed by atoms with Crippen LogP contribution < -0.4 is 11.3 Å². The van der Waals surface area contributed by atoms with Crippen LogP contribution in [-0.2, 0) is 6.54 Å². The predicted octanol–water partition coefficient (Wildman–Crippen LogP) is 0.840. The maximum absolute atomic E-state index is 12.7. The van der Waals surface area contributed by atoms with E-state index in [0.717, 1.165) is 5.56 Å². The molecule has 3 aromatic rings. The van der Waals surface area contributed by atoms with Crippen molar-refractivity contribution < 1.29 is 0 Å². The van der Waals surface area contributed by atoms with E-state index in [2.05, 4.69) is 15.2 Å². The van der Waals surface area contributed by atoms with E-state index < -0.39 is 0 Å². The molecule has 3 aromatic heterocycles. The normalized spacial score (nSPS) is 11.3. The van der Waals surface area contributed by atoms with Crippen molar-refractivity contribution in [1.29, 1.82) is 5.26 Å². The van der Waals surface area contributed by atoms with Gasteiger partial charge in [0.2, 0.25) is 0 Å². The highest BCUT2D eigenvalue weighted by atomic mass is 16.1. The molecule has 118 valence electrons. The second-order valence-corrected chi connectivity index (χ2v) is 5.58. The van der Waals surface area contributed by atoms with E-state index in [1.165, 1.54) is 10.7 Å². The number of hydrogen-bond acceptors (Lipinski definition) is 5. The van der Waals surface area contributed by atoms with Crippen LogP contribution in [0.15, 0.2) is 23.4 Å². The highest BCUT2D eigenvalue weighted by Crippen LogP contribution is 2.25. The lowest BCUT2D eigenvalue weighted by Crippen LogP contribution is -2.22. The molecule has 0 aromatic carbocycles. The summed E-state index contributed by atoms with van der Waals surface area (Å²) in [5, 5.41) is 17.4. The third-order valence-corrected chi connectivity index (χ3v) is 3.68. The first-order valence-electron chi connectivity index (χ1n) is 7.33. The van der Waals surface area contributed by atoms with Crippen molar-refractivity contribution in [3.8, 4) is 17.3 Å². The summed E-state index contributed by atoms with van der Waals surface area (Å²) >= 11 is 0. The largest absolute Gasteiger partial charge is 0.338 e. The first kappa shape index (κ1) is 15.0. The number of fused-ring (bicyclic) bond motifs is 1. The molecule has 0 amide bonds. The minimum atomic E-state index is -0.225. The molecular formula is C15H17N7O. The Kier molecular flexibility index (Phi) is 3.72. The van der Waals surface area contributed by atoms with Gasteiger partial charge in [-0.25, -0.2) is 0 Å². The number of nitriles is 1. The van der Waals surface area contributed by atoms with Gasteiger partial charge < -0.3 is 10.7 Å². The molecule has 0 unspecified atom stereocenters. The Hall–Kier alpha value is -2.92. The van der Waals surface area contributed by atoms with E-state index in [9.17, 15) is 10.1 Å². The van der Waals surface area contributed by atoms with Crippen LogP contribution in [0.3, 0.4) is 0 Å². The fourth-order valence-electron chi connectivity index (χ4n) is 2.62. The summed E-state index contributed by atoms with van der Waals surface area (Å²) in [6, 6.07) is 2.04. The van der Waals surface area contributed by atoms with E-state index in [4.69, 9.17) is 5.73 Å². The molecule has 3 rings (SSSR count). The molecule has 0 atom stereocenters. The average Bonchev–Trinajstić information content (AvgIpc) is 3.13. The molecule has 3 heterocycles. The first-order chi connectivity index (χ1) is 11.1. The Labute approximate surface area is 132 Å². The standard InChI is InChI=1S/C15H17N7O/c1-9(2)12-13(11-7-18-21(8-11)4-3-16)20-14-10(5-17)6-19-22(14)15(12)23/h6-9,20H,3-4,16H2,1-2H3. The van der Waals surface area contributed by atoms with Gasteiger partial charge in [0.15, 0.2) is 5.65 Å². The Bertz CT molecular complexity index is 955. The Morgan fingerprint density at radius 3 is 2.83 bits per heavy atom. The summed E-state index contributed by atoms with van der Waals surface area (Å²) in [4.78, 5) is 15.9. The lowest BCUT2D eigenvalue weighted by molar-refractivity contribution is 0.625. The number of nitrogens with two attached hydrogens (primary N) is 1. The monoisotopic (exact) mass is 311 g/mol. The topological polar surface area (TPSA) is 118 Å². The van der Waals surface area contributed by atoms with Gasteiger partial charge in [0.25, 0.3) is 5.56 Å².